The average Bonchev–Trinajstić information content (AvgIpc) is 2.69. The van der Waals surface area contributed by atoms with Crippen molar-refractivity contribution in [2.45, 2.75) is 26.4 Å². The van der Waals surface area contributed by atoms with E-state index in [4.69, 9.17) is 5.73 Å². The van der Waals surface area contributed by atoms with Crippen LogP contribution in [-0.2, 0) is 6.54 Å². The van der Waals surface area contributed by atoms with Crippen LogP contribution in [-0.4, -0.2) is 9.78 Å². The van der Waals surface area contributed by atoms with Gasteiger partial charge in [0, 0.05) is 6.54 Å². The van der Waals surface area contributed by atoms with E-state index in [1.807, 2.05) is 10.7 Å². The third-order valence-electron chi connectivity index (χ3n) is 2.83. The molecule has 0 radical (unpaired) electrons. The van der Waals surface area contributed by atoms with Crippen LogP contribution >= 0.6 is 15.9 Å². The first-order valence-electron chi connectivity index (χ1n) is 5.66. The lowest BCUT2D eigenvalue weighted by atomic mass is 10.0. The van der Waals surface area contributed by atoms with Crippen LogP contribution in [0.4, 0.5) is 0 Å². The summed E-state index contributed by atoms with van der Waals surface area (Å²) in [7, 11) is 0. The average molecular weight is 294 g/mol. The molecule has 0 aliphatic carbocycles. The van der Waals surface area contributed by atoms with Gasteiger partial charge in [-0.1, -0.05) is 29.8 Å². The first-order chi connectivity index (χ1) is 8.13. The minimum Gasteiger partial charge on any atom is -0.319 e. The summed E-state index contributed by atoms with van der Waals surface area (Å²) in [6.07, 6.45) is 1.80. The second-order valence-electron chi connectivity index (χ2n) is 4.09. The number of hydrogen-bond acceptors (Lipinski definition) is 2. The van der Waals surface area contributed by atoms with E-state index in [1.54, 1.807) is 6.20 Å². The van der Waals surface area contributed by atoms with Gasteiger partial charge in [-0.2, -0.15) is 5.10 Å². The van der Waals surface area contributed by atoms with Gasteiger partial charge < -0.3 is 5.73 Å². The molecule has 0 spiro atoms. The molecule has 4 heteroatoms. The van der Waals surface area contributed by atoms with E-state index in [1.165, 1.54) is 5.56 Å². The van der Waals surface area contributed by atoms with Crippen LogP contribution in [0.1, 0.15) is 29.8 Å². The zero-order valence-corrected chi connectivity index (χ0v) is 11.6. The van der Waals surface area contributed by atoms with Crippen molar-refractivity contribution < 1.29 is 0 Å². The van der Waals surface area contributed by atoms with E-state index >= 15 is 0 Å². The molecule has 0 fully saturated rings. The molecule has 3 nitrogen and oxygen atoms in total. The zero-order valence-electron chi connectivity index (χ0n) is 10.0. The molecule has 90 valence electrons. The Morgan fingerprint density at radius 2 is 2.24 bits per heavy atom. The minimum atomic E-state index is -0.147. The Morgan fingerprint density at radius 3 is 2.88 bits per heavy atom. The Balaban J connectivity index is 2.43. The minimum absolute atomic E-state index is 0.147. The van der Waals surface area contributed by atoms with Crippen molar-refractivity contribution in [2.24, 2.45) is 5.73 Å². The predicted octanol–water partition coefficient (Wildman–Crippen LogP) is 3.02. The molecule has 1 heterocycles. The van der Waals surface area contributed by atoms with E-state index in [0.29, 0.717) is 0 Å². The highest BCUT2D eigenvalue weighted by Gasteiger charge is 2.17. The van der Waals surface area contributed by atoms with Gasteiger partial charge in [0.15, 0.2) is 0 Å². The standard InChI is InChI=1S/C13H16BrN3/c1-3-17-13(11(14)8-16-17)12(15)10-6-4-5-9(2)7-10/h4-8,12H,3,15H2,1-2H3. The molecule has 17 heavy (non-hydrogen) atoms. The maximum absolute atomic E-state index is 6.32. The fraction of sp³-hybridized carbons (Fsp3) is 0.308. The van der Waals surface area contributed by atoms with Crippen molar-refractivity contribution in [1.82, 2.24) is 9.78 Å². The van der Waals surface area contributed by atoms with Crippen molar-refractivity contribution in [3.05, 3.63) is 51.8 Å². The molecule has 0 saturated heterocycles. The van der Waals surface area contributed by atoms with Crippen molar-refractivity contribution in [3.63, 3.8) is 0 Å². The van der Waals surface area contributed by atoms with Crippen LogP contribution in [0.3, 0.4) is 0 Å². The normalized spacial score (nSPS) is 12.7. The molecule has 0 saturated carbocycles. The van der Waals surface area contributed by atoms with Gasteiger partial charge in [-0.3, -0.25) is 4.68 Å². The number of halogens is 1. The van der Waals surface area contributed by atoms with Gasteiger partial charge in [0.25, 0.3) is 0 Å². The summed E-state index contributed by atoms with van der Waals surface area (Å²) in [5.41, 5.74) is 9.67. The Hall–Kier alpha value is -1.13. The molecule has 2 N–H and O–H groups in total. The smallest absolute Gasteiger partial charge is 0.0738 e. The summed E-state index contributed by atoms with van der Waals surface area (Å²) in [6.45, 7) is 4.95. The zero-order chi connectivity index (χ0) is 12.4. The summed E-state index contributed by atoms with van der Waals surface area (Å²) < 4.78 is 2.89. The van der Waals surface area contributed by atoms with Crippen molar-refractivity contribution in [2.75, 3.05) is 0 Å². The fourth-order valence-corrected chi connectivity index (χ4v) is 2.50. The molecule has 1 aromatic carbocycles. The Labute approximate surface area is 110 Å². The second kappa shape index (κ2) is 5.02. The topological polar surface area (TPSA) is 43.8 Å². The van der Waals surface area contributed by atoms with Crippen LogP contribution in [0.15, 0.2) is 34.9 Å². The lowest BCUT2D eigenvalue weighted by Crippen LogP contribution is -2.17. The number of nitrogens with zero attached hydrogens (tertiary/aromatic N) is 2. The largest absolute Gasteiger partial charge is 0.319 e. The highest BCUT2D eigenvalue weighted by Crippen LogP contribution is 2.27. The molecule has 1 atom stereocenters. The van der Waals surface area contributed by atoms with E-state index in [2.05, 4.69) is 53.1 Å². The summed E-state index contributed by atoms with van der Waals surface area (Å²) in [4.78, 5) is 0. The Bertz CT molecular complexity index is 519. The van der Waals surface area contributed by atoms with E-state index < -0.39 is 0 Å². The lowest BCUT2D eigenvalue weighted by molar-refractivity contribution is 0.599. The monoisotopic (exact) mass is 293 g/mol. The summed E-state index contributed by atoms with van der Waals surface area (Å²) in [5, 5.41) is 4.29. The summed E-state index contributed by atoms with van der Waals surface area (Å²) in [6, 6.07) is 8.13. The lowest BCUT2D eigenvalue weighted by Gasteiger charge is -2.15. The predicted molar refractivity (Wildman–Crippen MR) is 72.8 cm³/mol. The van der Waals surface area contributed by atoms with Crippen LogP contribution in [0, 0.1) is 6.92 Å². The first-order valence-corrected chi connectivity index (χ1v) is 6.46. The Kier molecular flexibility index (Phi) is 3.64. The van der Waals surface area contributed by atoms with Crippen LogP contribution in [0.2, 0.25) is 0 Å². The highest BCUT2D eigenvalue weighted by molar-refractivity contribution is 9.10. The molecule has 2 aromatic rings. The number of benzene rings is 1. The third kappa shape index (κ3) is 2.42. The molecule has 1 unspecified atom stereocenters. The summed E-state index contributed by atoms with van der Waals surface area (Å²) in [5.74, 6) is 0. The third-order valence-corrected chi connectivity index (χ3v) is 3.44. The number of rotatable bonds is 3. The van der Waals surface area contributed by atoms with Gasteiger partial charge in [0.05, 0.1) is 22.4 Å². The molecule has 2 rings (SSSR count). The molecular formula is C13H16BrN3. The van der Waals surface area contributed by atoms with Crippen molar-refractivity contribution >= 4 is 15.9 Å². The van der Waals surface area contributed by atoms with Crippen LogP contribution < -0.4 is 5.73 Å². The number of aryl methyl sites for hydroxylation is 2. The van der Waals surface area contributed by atoms with Crippen molar-refractivity contribution in [3.8, 4) is 0 Å². The molecule has 0 aliphatic heterocycles. The number of aromatic nitrogens is 2. The van der Waals surface area contributed by atoms with Gasteiger partial charge in [0.2, 0.25) is 0 Å². The van der Waals surface area contributed by atoms with Gasteiger partial charge in [-0.25, -0.2) is 0 Å². The molecule has 1 aromatic heterocycles. The number of nitrogens with two attached hydrogens (primary N) is 1. The molecular weight excluding hydrogens is 278 g/mol. The highest BCUT2D eigenvalue weighted by atomic mass is 79.9. The molecule has 0 aliphatic rings. The van der Waals surface area contributed by atoms with E-state index in [9.17, 15) is 0 Å². The first kappa shape index (κ1) is 12.3. The van der Waals surface area contributed by atoms with Gasteiger partial charge >= 0.3 is 0 Å². The van der Waals surface area contributed by atoms with Gasteiger partial charge in [-0.05, 0) is 35.3 Å². The van der Waals surface area contributed by atoms with Gasteiger partial charge in [0.1, 0.15) is 0 Å². The SMILES string of the molecule is CCn1ncc(Br)c1C(N)c1cccc(C)c1. The molecule has 0 amide bonds. The Morgan fingerprint density at radius 1 is 1.47 bits per heavy atom. The fourth-order valence-electron chi connectivity index (χ4n) is 1.95. The molecule has 0 bridgehead atoms. The van der Waals surface area contributed by atoms with Gasteiger partial charge in [-0.15, -0.1) is 0 Å². The maximum Gasteiger partial charge on any atom is 0.0738 e. The quantitative estimate of drug-likeness (QED) is 0.945. The number of hydrogen-bond donors (Lipinski definition) is 1. The van der Waals surface area contributed by atoms with Crippen LogP contribution in [0.5, 0.6) is 0 Å². The maximum atomic E-state index is 6.32. The summed E-state index contributed by atoms with van der Waals surface area (Å²) >= 11 is 3.51. The van der Waals surface area contributed by atoms with E-state index in [0.717, 1.165) is 22.3 Å². The van der Waals surface area contributed by atoms with Crippen molar-refractivity contribution in [1.29, 1.82) is 0 Å². The van der Waals surface area contributed by atoms with Crippen LogP contribution in [0.25, 0.3) is 0 Å². The van der Waals surface area contributed by atoms with E-state index in [-0.39, 0.29) is 6.04 Å². The second-order valence-corrected chi connectivity index (χ2v) is 4.94.